The molecule has 1 saturated heterocycles. The molecule has 0 bridgehead atoms. The summed E-state index contributed by atoms with van der Waals surface area (Å²) in [6.45, 7) is 6.47. The van der Waals surface area contributed by atoms with Crippen molar-refractivity contribution in [3.05, 3.63) is 28.1 Å². The van der Waals surface area contributed by atoms with E-state index in [9.17, 15) is 9.90 Å². The first-order valence-electron chi connectivity index (χ1n) is 7.51. The number of nitrogens with zero attached hydrogens (tertiary/aromatic N) is 3. The molecule has 3 atom stereocenters. The Hall–Kier alpha value is -1.28. The zero-order valence-electron chi connectivity index (χ0n) is 12.8. The number of hydrogen-bond donors (Lipinski definition) is 1. The molecule has 0 saturated carbocycles. The minimum Gasteiger partial charge on any atom is -0.390 e. The molecule has 1 N–H and O–H groups in total. The smallest absolute Gasteiger partial charge is 0.262 e. The highest BCUT2D eigenvalue weighted by Crippen LogP contribution is 2.14. The molecule has 22 heavy (non-hydrogen) atoms. The van der Waals surface area contributed by atoms with E-state index < -0.39 is 6.10 Å². The highest BCUT2D eigenvalue weighted by Gasteiger charge is 2.24. The molecule has 1 aliphatic heterocycles. The van der Waals surface area contributed by atoms with Crippen molar-refractivity contribution in [3.8, 4) is 0 Å². The lowest BCUT2D eigenvalue weighted by atomic mass is 10.2. The van der Waals surface area contributed by atoms with Gasteiger partial charge >= 0.3 is 0 Å². The van der Waals surface area contributed by atoms with Gasteiger partial charge in [0, 0.05) is 19.6 Å². The maximum Gasteiger partial charge on any atom is 0.262 e. The number of ether oxygens (including phenoxy) is 1. The summed E-state index contributed by atoms with van der Waals surface area (Å²) in [5.74, 6) is 0. The summed E-state index contributed by atoms with van der Waals surface area (Å²) in [7, 11) is 0. The van der Waals surface area contributed by atoms with Crippen LogP contribution in [-0.2, 0) is 11.3 Å². The maximum atomic E-state index is 12.3. The number of aromatic nitrogens is 2. The number of aliphatic hydroxyl groups excluding tert-OH is 1. The van der Waals surface area contributed by atoms with Gasteiger partial charge < -0.3 is 9.84 Å². The fourth-order valence-corrected chi connectivity index (χ4v) is 3.76. The largest absolute Gasteiger partial charge is 0.390 e. The third-order valence-electron chi connectivity index (χ3n) is 3.82. The molecule has 1 fully saturated rings. The van der Waals surface area contributed by atoms with Gasteiger partial charge in [0.1, 0.15) is 4.83 Å². The average molecular weight is 323 g/mol. The fourth-order valence-electron chi connectivity index (χ4n) is 3.04. The van der Waals surface area contributed by atoms with Crippen LogP contribution in [0.1, 0.15) is 13.8 Å². The van der Waals surface area contributed by atoms with Gasteiger partial charge in [-0.15, -0.1) is 11.3 Å². The minimum atomic E-state index is -0.604. The lowest BCUT2D eigenvalue weighted by molar-refractivity contribution is -0.0773. The average Bonchev–Trinajstić information content (AvgIpc) is 2.90. The topological polar surface area (TPSA) is 67.6 Å². The monoisotopic (exact) mass is 323 g/mol. The van der Waals surface area contributed by atoms with Gasteiger partial charge in [-0.05, 0) is 25.3 Å². The van der Waals surface area contributed by atoms with Crippen LogP contribution in [0.25, 0.3) is 10.2 Å². The van der Waals surface area contributed by atoms with Gasteiger partial charge in [0.15, 0.2) is 0 Å². The summed E-state index contributed by atoms with van der Waals surface area (Å²) in [6.07, 6.45) is 1.26. The predicted octanol–water partition coefficient (Wildman–Crippen LogP) is 0.928. The predicted molar refractivity (Wildman–Crippen MR) is 86.3 cm³/mol. The van der Waals surface area contributed by atoms with E-state index in [4.69, 9.17) is 4.74 Å². The number of hydrogen-bond acceptors (Lipinski definition) is 6. The minimum absolute atomic E-state index is 0.0889. The summed E-state index contributed by atoms with van der Waals surface area (Å²) in [6, 6.07) is 1.78. The molecule has 0 aliphatic carbocycles. The molecule has 2 aromatic rings. The molecule has 6 nitrogen and oxygen atoms in total. The highest BCUT2D eigenvalue weighted by molar-refractivity contribution is 7.16. The molecule has 1 aliphatic rings. The zero-order valence-corrected chi connectivity index (χ0v) is 13.6. The first-order valence-corrected chi connectivity index (χ1v) is 8.39. The van der Waals surface area contributed by atoms with Crippen molar-refractivity contribution in [1.82, 2.24) is 14.5 Å². The van der Waals surface area contributed by atoms with Crippen molar-refractivity contribution >= 4 is 21.6 Å². The van der Waals surface area contributed by atoms with Crippen LogP contribution < -0.4 is 5.56 Å². The SMILES string of the molecule is C[C@@H]1CN(C[C@@H](O)Cn2cnc3sccc3c2=O)C[C@@H](C)O1. The quantitative estimate of drug-likeness (QED) is 0.906. The molecule has 0 unspecified atom stereocenters. The lowest BCUT2D eigenvalue weighted by Crippen LogP contribution is -2.48. The summed E-state index contributed by atoms with van der Waals surface area (Å²) in [5, 5.41) is 12.8. The van der Waals surface area contributed by atoms with E-state index in [1.807, 2.05) is 19.2 Å². The maximum absolute atomic E-state index is 12.3. The van der Waals surface area contributed by atoms with Crippen LogP contribution >= 0.6 is 11.3 Å². The lowest BCUT2D eigenvalue weighted by Gasteiger charge is -2.36. The third kappa shape index (κ3) is 3.38. The molecule has 3 rings (SSSR count). The molecule has 2 aromatic heterocycles. The van der Waals surface area contributed by atoms with Crippen molar-refractivity contribution in [1.29, 1.82) is 0 Å². The van der Waals surface area contributed by atoms with Gasteiger partial charge in [0.05, 0.1) is 36.6 Å². The highest BCUT2D eigenvalue weighted by atomic mass is 32.1. The Morgan fingerprint density at radius 3 is 2.86 bits per heavy atom. The van der Waals surface area contributed by atoms with E-state index in [-0.39, 0.29) is 24.3 Å². The van der Waals surface area contributed by atoms with Crippen LogP contribution in [0, 0.1) is 0 Å². The normalized spacial score (nSPS) is 24.7. The van der Waals surface area contributed by atoms with Gasteiger partial charge in [-0.2, -0.15) is 0 Å². The Labute approximate surface area is 133 Å². The van der Waals surface area contributed by atoms with Gasteiger partial charge in [-0.25, -0.2) is 4.98 Å². The second-order valence-corrected chi connectivity index (χ2v) is 6.87. The molecular weight excluding hydrogens is 302 g/mol. The van der Waals surface area contributed by atoms with Gasteiger partial charge in [-0.3, -0.25) is 14.3 Å². The van der Waals surface area contributed by atoms with Gasteiger partial charge in [0.25, 0.3) is 5.56 Å². The number of rotatable bonds is 4. The molecule has 0 amide bonds. The number of morpholine rings is 1. The second-order valence-electron chi connectivity index (χ2n) is 5.97. The van der Waals surface area contributed by atoms with Crippen molar-refractivity contribution in [2.24, 2.45) is 0 Å². The first-order chi connectivity index (χ1) is 10.5. The second kappa shape index (κ2) is 6.45. The zero-order chi connectivity index (χ0) is 15.7. The Kier molecular flexibility index (Phi) is 4.58. The number of β-amino-alcohol motifs (C(OH)–C–C–N with tert-alkyl or cyclic N) is 1. The molecule has 3 heterocycles. The summed E-state index contributed by atoms with van der Waals surface area (Å²) in [5.41, 5.74) is -0.0889. The molecule has 0 radical (unpaired) electrons. The molecule has 7 heteroatoms. The van der Waals surface area contributed by atoms with E-state index in [1.165, 1.54) is 22.2 Å². The van der Waals surface area contributed by atoms with E-state index >= 15 is 0 Å². The number of aliphatic hydroxyl groups is 1. The molecule has 120 valence electrons. The van der Waals surface area contributed by atoms with Crippen molar-refractivity contribution in [2.45, 2.75) is 38.7 Å². The Morgan fingerprint density at radius 2 is 2.14 bits per heavy atom. The Balaban J connectivity index is 1.66. The van der Waals surface area contributed by atoms with Crippen molar-refractivity contribution < 1.29 is 9.84 Å². The number of fused-ring (bicyclic) bond motifs is 1. The van der Waals surface area contributed by atoms with Gasteiger partial charge in [-0.1, -0.05) is 0 Å². The number of thiophene rings is 1. The van der Waals surface area contributed by atoms with E-state index in [1.54, 1.807) is 6.07 Å². The van der Waals surface area contributed by atoms with Gasteiger partial charge in [0.2, 0.25) is 0 Å². The molecule has 0 aromatic carbocycles. The van der Waals surface area contributed by atoms with Crippen LogP contribution in [0.3, 0.4) is 0 Å². The Morgan fingerprint density at radius 1 is 1.41 bits per heavy atom. The standard InChI is InChI=1S/C15H21N3O3S/c1-10-5-17(6-11(2)21-10)7-12(19)8-18-9-16-14-13(15(18)20)3-4-22-14/h3-4,9-12,19H,5-8H2,1-2H3/t10-,11-,12-/m1/s1. The van der Waals surface area contributed by atoms with Crippen LogP contribution in [-0.4, -0.2) is 57.5 Å². The van der Waals surface area contributed by atoms with Crippen LogP contribution in [0.15, 0.2) is 22.6 Å². The van der Waals surface area contributed by atoms with Crippen LogP contribution in [0.2, 0.25) is 0 Å². The third-order valence-corrected chi connectivity index (χ3v) is 4.64. The van der Waals surface area contributed by atoms with Crippen molar-refractivity contribution in [3.63, 3.8) is 0 Å². The first kappa shape index (κ1) is 15.6. The summed E-state index contributed by atoms with van der Waals surface area (Å²) in [4.78, 5) is 19.5. The Bertz CT molecular complexity index is 689. The van der Waals surface area contributed by atoms with E-state index in [0.717, 1.165) is 17.9 Å². The van der Waals surface area contributed by atoms with E-state index in [2.05, 4.69) is 9.88 Å². The molecular formula is C15H21N3O3S. The van der Waals surface area contributed by atoms with Crippen LogP contribution in [0.5, 0.6) is 0 Å². The van der Waals surface area contributed by atoms with Crippen LogP contribution in [0.4, 0.5) is 0 Å². The summed E-state index contributed by atoms with van der Waals surface area (Å²) < 4.78 is 7.18. The van der Waals surface area contributed by atoms with E-state index in [0.29, 0.717) is 11.9 Å². The molecule has 0 spiro atoms. The summed E-state index contributed by atoms with van der Waals surface area (Å²) >= 11 is 1.45. The van der Waals surface area contributed by atoms with Crippen molar-refractivity contribution in [2.75, 3.05) is 19.6 Å². The fraction of sp³-hybridized carbons (Fsp3) is 0.600.